The number of para-hydroxylation sites is 1. The number of carbonyl (C=O) groups excluding carboxylic acids is 1. The number of aromatic nitrogens is 1. The Morgan fingerprint density at radius 2 is 1.96 bits per heavy atom. The van der Waals surface area contributed by atoms with Crippen molar-refractivity contribution in [1.29, 1.82) is 0 Å². The van der Waals surface area contributed by atoms with Crippen molar-refractivity contribution >= 4 is 16.8 Å². The molecule has 1 aromatic carbocycles. The van der Waals surface area contributed by atoms with Gasteiger partial charge in [0.25, 0.3) is 5.91 Å². The third kappa shape index (κ3) is 3.27. The van der Waals surface area contributed by atoms with E-state index in [4.69, 9.17) is 4.42 Å². The van der Waals surface area contributed by atoms with Crippen molar-refractivity contribution < 1.29 is 9.21 Å². The summed E-state index contributed by atoms with van der Waals surface area (Å²) >= 11 is 0. The smallest absolute Gasteiger partial charge is 0.253 e. The Kier molecular flexibility index (Phi) is 4.80. The number of amides is 1. The zero-order valence-corrected chi connectivity index (χ0v) is 15.1. The number of benzene rings is 1. The normalized spacial score (nSPS) is 16.7. The van der Waals surface area contributed by atoms with Gasteiger partial charge in [-0.15, -0.1) is 0 Å². The van der Waals surface area contributed by atoms with Gasteiger partial charge in [0.2, 0.25) is 0 Å². The molecule has 26 heavy (non-hydrogen) atoms. The third-order valence-corrected chi connectivity index (χ3v) is 5.30. The van der Waals surface area contributed by atoms with Gasteiger partial charge in [0, 0.05) is 30.7 Å². The number of aryl methyl sites for hydroxylation is 1. The monoisotopic (exact) mass is 351 g/mol. The molecule has 0 aliphatic carbocycles. The topological polar surface area (TPSA) is 50.4 Å². The van der Waals surface area contributed by atoms with Gasteiger partial charge >= 0.3 is 0 Å². The number of fused-ring (bicyclic) bond motifs is 1. The minimum Gasteiger partial charge on any atom is -0.468 e. The number of piperidine rings is 1. The fraction of sp³-hybridized carbons (Fsp3) is 0.381. The van der Waals surface area contributed by atoms with Crippen molar-refractivity contribution in [2.75, 3.05) is 19.6 Å². The maximum absolute atomic E-state index is 12.9. The highest BCUT2D eigenvalue weighted by atomic mass is 16.3. The van der Waals surface area contributed by atoms with Gasteiger partial charge in [0.1, 0.15) is 5.76 Å². The molecule has 0 bridgehead atoms. The maximum atomic E-state index is 12.9. The summed E-state index contributed by atoms with van der Waals surface area (Å²) in [5.41, 5.74) is 1.79. The predicted octanol–water partition coefficient (Wildman–Crippen LogP) is 3.73. The van der Waals surface area contributed by atoms with Gasteiger partial charge in [-0.25, -0.2) is 0 Å². The van der Waals surface area contributed by atoms with E-state index < -0.39 is 0 Å². The van der Waals surface area contributed by atoms with Crippen LogP contribution in [-0.4, -0.2) is 35.0 Å². The molecule has 1 amide bonds. The third-order valence-electron chi connectivity index (χ3n) is 5.30. The molecule has 5 nitrogen and oxygen atoms in total. The van der Waals surface area contributed by atoms with E-state index >= 15 is 0 Å². The minimum atomic E-state index is -0.0321. The molecule has 1 N–H and O–H groups in total. The molecule has 0 radical (unpaired) electrons. The van der Waals surface area contributed by atoms with Gasteiger partial charge < -0.3 is 14.3 Å². The second-order valence-corrected chi connectivity index (χ2v) is 7.01. The number of rotatable bonds is 5. The Morgan fingerprint density at radius 3 is 2.73 bits per heavy atom. The molecule has 5 heteroatoms. The second-order valence-electron chi connectivity index (χ2n) is 7.01. The zero-order chi connectivity index (χ0) is 17.9. The van der Waals surface area contributed by atoms with Crippen molar-refractivity contribution in [3.8, 4) is 0 Å². The molecule has 1 fully saturated rings. The van der Waals surface area contributed by atoms with Crippen LogP contribution in [0.1, 0.15) is 41.4 Å². The predicted molar refractivity (Wildman–Crippen MR) is 102 cm³/mol. The molecular weight excluding hydrogens is 326 g/mol. The fourth-order valence-corrected chi connectivity index (χ4v) is 3.93. The van der Waals surface area contributed by atoms with Crippen molar-refractivity contribution in [3.63, 3.8) is 0 Å². The van der Waals surface area contributed by atoms with Crippen LogP contribution in [0.3, 0.4) is 0 Å². The summed E-state index contributed by atoms with van der Waals surface area (Å²) in [6.07, 6.45) is 7.30. The first kappa shape index (κ1) is 16.9. The van der Waals surface area contributed by atoms with Crippen LogP contribution in [0, 0.1) is 0 Å². The van der Waals surface area contributed by atoms with E-state index in [0.717, 1.165) is 35.3 Å². The molecular formula is C21H25N3O2. The summed E-state index contributed by atoms with van der Waals surface area (Å²) in [6.45, 7) is 2.65. The number of hydrogen-bond donors (Lipinski definition) is 1. The Morgan fingerprint density at radius 1 is 1.15 bits per heavy atom. The quantitative estimate of drug-likeness (QED) is 0.762. The molecule has 136 valence electrons. The van der Waals surface area contributed by atoms with Crippen molar-refractivity contribution in [2.45, 2.75) is 25.3 Å². The van der Waals surface area contributed by atoms with Crippen LogP contribution in [0.4, 0.5) is 0 Å². The Balaban J connectivity index is 1.52. The van der Waals surface area contributed by atoms with Crippen LogP contribution in [0.2, 0.25) is 0 Å². The summed E-state index contributed by atoms with van der Waals surface area (Å²) < 4.78 is 7.66. The van der Waals surface area contributed by atoms with Crippen molar-refractivity contribution in [3.05, 3.63) is 60.2 Å². The van der Waals surface area contributed by atoms with Crippen LogP contribution < -0.4 is 5.32 Å². The number of furan rings is 1. The molecule has 0 spiro atoms. The first-order valence-electron chi connectivity index (χ1n) is 9.34. The van der Waals surface area contributed by atoms with Crippen LogP contribution in [0.5, 0.6) is 0 Å². The Labute approximate surface area is 153 Å². The molecule has 3 aromatic rings. The standard InChI is InChI=1S/C21H25N3O2/c1-23-15-17(16-8-3-4-9-18(16)23)21(25)22-14-19(20-10-7-13-26-20)24-11-5-2-6-12-24/h3-4,7-10,13,15,19H,2,5-6,11-12,14H2,1H3,(H,22,25). The van der Waals surface area contributed by atoms with Gasteiger partial charge in [-0.3, -0.25) is 9.69 Å². The van der Waals surface area contributed by atoms with E-state index in [2.05, 4.69) is 10.2 Å². The van der Waals surface area contributed by atoms with E-state index in [1.54, 1.807) is 6.26 Å². The van der Waals surface area contributed by atoms with Crippen molar-refractivity contribution in [1.82, 2.24) is 14.8 Å². The van der Waals surface area contributed by atoms with Crippen LogP contribution in [0.15, 0.2) is 53.3 Å². The van der Waals surface area contributed by atoms with Gasteiger partial charge in [0.15, 0.2) is 0 Å². The lowest BCUT2D eigenvalue weighted by atomic mass is 10.1. The molecule has 1 aliphatic heterocycles. The number of nitrogens with one attached hydrogen (secondary N) is 1. The first-order chi connectivity index (χ1) is 12.7. The summed E-state index contributed by atoms with van der Waals surface area (Å²) in [6, 6.07) is 12.0. The van der Waals surface area contributed by atoms with E-state index in [1.165, 1.54) is 19.3 Å². The molecule has 2 aromatic heterocycles. The minimum absolute atomic E-state index is 0.0321. The van der Waals surface area contributed by atoms with E-state index in [0.29, 0.717) is 6.54 Å². The molecule has 1 aliphatic rings. The van der Waals surface area contributed by atoms with E-state index in [1.807, 2.05) is 54.2 Å². The van der Waals surface area contributed by atoms with Crippen LogP contribution >= 0.6 is 0 Å². The van der Waals surface area contributed by atoms with Crippen molar-refractivity contribution in [2.24, 2.45) is 7.05 Å². The average molecular weight is 351 g/mol. The fourth-order valence-electron chi connectivity index (χ4n) is 3.93. The summed E-state index contributed by atoms with van der Waals surface area (Å²) in [5, 5.41) is 4.12. The summed E-state index contributed by atoms with van der Waals surface area (Å²) in [5.74, 6) is 0.889. The lowest BCUT2D eigenvalue weighted by Crippen LogP contribution is -2.40. The van der Waals surface area contributed by atoms with Gasteiger partial charge in [-0.05, 0) is 44.1 Å². The van der Waals surface area contributed by atoms with Gasteiger partial charge in [-0.1, -0.05) is 24.6 Å². The SMILES string of the molecule is Cn1cc(C(=O)NCC(c2ccco2)N2CCCCC2)c2ccccc21. The molecule has 1 saturated heterocycles. The molecule has 1 atom stereocenters. The summed E-state index contributed by atoms with van der Waals surface area (Å²) in [7, 11) is 1.97. The van der Waals surface area contributed by atoms with Gasteiger partial charge in [0.05, 0.1) is 17.9 Å². The molecule has 1 unspecified atom stereocenters. The highest BCUT2D eigenvalue weighted by Gasteiger charge is 2.25. The number of likely N-dealkylation sites (tertiary alicyclic amines) is 1. The largest absolute Gasteiger partial charge is 0.468 e. The first-order valence-corrected chi connectivity index (χ1v) is 9.34. The molecule has 3 heterocycles. The molecule has 4 rings (SSSR count). The number of nitrogens with zero attached hydrogens (tertiary/aromatic N) is 2. The zero-order valence-electron chi connectivity index (χ0n) is 15.1. The lowest BCUT2D eigenvalue weighted by molar-refractivity contribution is 0.0915. The summed E-state index contributed by atoms with van der Waals surface area (Å²) in [4.78, 5) is 15.3. The average Bonchev–Trinajstić information content (AvgIpc) is 3.32. The van der Waals surface area contributed by atoms with E-state index in [9.17, 15) is 4.79 Å². The van der Waals surface area contributed by atoms with Gasteiger partial charge in [-0.2, -0.15) is 0 Å². The Hall–Kier alpha value is -2.53. The molecule has 0 saturated carbocycles. The number of carbonyl (C=O) groups is 1. The highest BCUT2D eigenvalue weighted by molar-refractivity contribution is 6.06. The lowest BCUT2D eigenvalue weighted by Gasteiger charge is -2.33. The highest BCUT2D eigenvalue weighted by Crippen LogP contribution is 2.25. The van der Waals surface area contributed by atoms with Crippen LogP contribution in [-0.2, 0) is 7.05 Å². The number of hydrogen-bond acceptors (Lipinski definition) is 3. The van der Waals surface area contributed by atoms with Crippen LogP contribution in [0.25, 0.3) is 10.9 Å². The Bertz CT molecular complexity index is 876. The van der Waals surface area contributed by atoms with E-state index in [-0.39, 0.29) is 11.9 Å². The maximum Gasteiger partial charge on any atom is 0.253 e. The second kappa shape index (κ2) is 7.38.